The fourth-order valence-electron chi connectivity index (χ4n) is 5.09. The third-order valence-corrected chi connectivity index (χ3v) is 7.10. The number of nitrogens with one attached hydrogen (secondary N) is 2. The summed E-state index contributed by atoms with van der Waals surface area (Å²) in [5, 5.41) is 5.51. The lowest BCUT2D eigenvalue weighted by Gasteiger charge is -2.31. The minimum absolute atomic E-state index is 0. The summed E-state index contributed by atoms with van der Waals surface area (Å²) < 4.78 is 39.6. The van der Waals surface area contributed by atoms with Crippen molar-refractivity contribution in [3.8, 4) is 0 Å². The van der Waals surface area contributed by atoms with E-state index in [1.807, 2.05) is 81.8 Å². The van der Waals surface area contributed by atoms with Crippen LogP contribution in [0.3, 0.4) is 0 Å². The van der Waals surface area contributed by atoms with Crippen LogP contribution in [-0.2, 0) is 23.2 Å². The Balaban J connectivity index is 0.00000186. The molecule has 7 nitrogen and oxygen atoms in total. The minimum Gasteiger partial charge on any atom is -0.368 e. The van der Waals surface area contributed by atoms with Crippen molar-refractivity contribution in [3.05, 3.63) is 78.3 Å². The molecule has 10 heteroatoms. The van der Waals surface area contributed by atoms with Crippen molar-refractivity contribution in [2.75, 3.05) is 6.54 Å². The summed E-state index contributed by atoms with van der Waals surface area (Å²) in [6.07, 6.45) is -4.00. The third-order valence-electron chi connectivity index (χ3n) is 7.10. The molecule has 1 saturated heterocycles. The number of hydrogen-bond donors (Lipinski definition) is 2. The Labute approximate surface area is 255 Å². The van der Waals surface area contributed by atoms with E-state index in [0.717, 1.165) is 36.0 Å². The van der Waals surface area contributed by atoms with Gasteiger partial charge in [0, 0.05) is 40.0 Å². The average molecular weight is 604 g/mol. The topological polar surface area (TPSA) is 79.3 Å². The number of halogens is 3. The Bertz CT molecular complexity index is 1310. The maximum Gasteiger partial charge on any atom is 0.389 e. The van der Waals surface area contributed by atoms with Crippen molar-refractivity contribution in [3.63, 3.8) is 0 Å². The van der Waals surface area contributed by atoms with Gasteiger partial charge in [-0.1, -0.05) is 76.7 Å². The van der Waals surface area contributed by atoms with Crippen molar-refractivity contribution in [2.24, 2.45) is 7.05 Å². The van der Waals surface area contributed by atoms with Gasteiger partial charge in [0.15, 0.2) is 0 Å². The van der Waals surface area contributed by atoms with Crippen LogP contribution in [-0.4, -0.2) is 45.0 Å². The summed E-state index contributed by atoms with van der Waals surface area (Å²) in [6.45, 7) is 13.1. The highest BCUT2D eigenvalue weighted by Gasteiger charge is 2.31. The van der Waals surface area contributed by atoms with Gasteiger partial charge in [0.25, 0.3) is 0 Å². The second kappa shape index (κ2) is 17.3. The fraction of sp³-hybridized carbons (Fsp3) is 0.485. The SMILES string of the molecule is C=C(C[C@H](NC(=O)CCCC(F)(F)F)C(=O)NCc1nc2ccccc2n1C)N1CCC[C@@H]1c1ccccc1.CC.CC.[HH]. The van der Waals surface area contributed by atoms with Crippen LogP contribution >= 0.6 is 0 Å². The van der Waals surface area contributed by atoms with Gasteiger partial charge in [-0.25, -0.2) is 4.98 Å². The second-order valence-corrected chi connectivity index (χ2v) is 9.91. The number of carbonyl (C=O) groups is 2. The number of para-hydroxylation sites is 2. The highest BCUT2D eigenvalue weighted by molar-refractivity contribution is 5.88. The molecule has 1 aliphatic rings. The molecule has 2 aromatic carbocycles. The van der Waals surface area contributed by atoms with Gasteiger partial charge >= 0.3 is 6.18 Å². The maximum absolute atomic E-state index is 13.3. The van der Waals surface area contributed by atoms with Gasteiger partial charge < -0.3 is 20.1 Å². The number of aromatic nitrogens is 2. The lowest BCUT2D eigenvalue weighted by atomic mass is 10.0. The molecular formula is C33H48F3N5O2. The largest absolute Gasteiger partial charge is 0.389 e. The van der Waals surface area contributed by atoms with Crippen LogP contribution in [0, 0.1) is 0 Å². The monoisotopic (exact) mass is 603 g/mol. The van der Waals surface area contributed by atoms with E-state index in [2.05, 4.69) is 39.2 Å². The van der Waals surface area contributed by atoms with Crippen LogP contribution in [0.5, 0.6) is 0 Å². The van der Waals surface area contributed by atoms with Crippen LogP contribution in [0.15, 0.2) is 66.9 Å². The van der Waals surface area contributed by atoms with Crippen molar-refractivity contribution >= 4 is 22.8 Å². The summed E-state index contributed by atoms with van der Waals surface area (Å²) in [5.74, 6) is -0.402. The Hall–Kier alpha value is -3.82. The van der Waals surface area contributed by atoms with Crippen molar-refractivity contribution < 1.29 is 24.2 Å². The van der Waals surface area contributed by atoms with Gasteiger partial charge in [-0.05, 0) is 37.0 Å². The molecule has 0 saturated carbocycles. The molecule has 0 unspecified atom stereocenters. The van der Waals surface area contributed by atoms with Crippen molar-refractivity contribution in [2.45, 2.75) is 91.0 Å². The first-order valence-electron chi connectivity index (χ1n) is 15.2. The number of hydrogen-bond acceptors (Lipinski definition) is 4. The quantitative estimate of drug-likeness (QED) is 0.239. The van der Waals surface area contributed by atoms with Crippen molar-refractivity contribution in [1.82, 2.24) is 25.1 Å². The van der Waals surface area contributed by atoms with E-state index in [9.17, 15) is 22.8 Å². The molecule has 2 N–H and O–H groups in total. The van der Waals surface area contributed by atoms with E-state index in [0.29, 0.717) is 11.5 Å². The van der Waals surface area contributed by atoms with Gasteiger partial charge in [-0.3, -0.25) is 9.59 Å². The molecule has 2 amide bonds. The minimum atomic E-state index is -4.33. The van der Waals surface area contributed by atoms with E-state index >= 15 is 0 Å². The lowest BCUT2D eigenvalue weighted by molar-refractivity contribution is -0.138. The number of amides is 2. The summed E-state index contributed by atoms with van der Waals surface area (Å²) in [6, 6.07) is 16.8. The summed E-state index contributed by atoms with van der Waals surface area (Å²) in [5.41, 5.74) is 3.56. The number of benzene rings is 2. The molecule has 0 radical (unpaired) electrons. The maximum atomic E-state index is 13.3. The molecule has 0 spiro atoms. The average Bonchev–Trinajstić information content (AvgIpc) is 3.62. The molecule has 238 valence electrons. The number of likely N-dealkylation sites (tertiary alicyclic amines) is 1. The molecule has 0 bridgehead atoms. The van der Waals surface area contributed by atoms with Gasteiger partial charge in [-0.2, -0.15) is 13.2 Å². The first kappa shape index (κ1) is 35.4. The molecule has 1 fully saturated rings. The molecule has 1 aromatic heterocycles. The van der Waals surface area contributed by atoms with E-state index in [1.54, 1.807) is 0 Å². The molecule has 2 heterocycles. The van der Waals surface area contributed by atoms with Crippen LogP contribution in [0.2, 0.25) is 0 Å². The number of fused-ring (bicyclic) bond motifs is 1. The fourth-order valence-corrected chi connectivity index (χ4v) is 5.09. The van der Waals surface area contributed by atoms with E-state index in [4.69, 9.17) is 0 Å². The normalized spacial score (nSPS) is 15.1. The van der Waals surface area contributed by atoms with E-state index in [-0.39, 0.29) is 33.3 Å². The standard InChI is InChI=1S/C29H34F3N5O2.2C2H6.H2/c1-20(37-17-9-14-24(37)21-10-4-3-5-11-21)18-23(35-27(38)15-8-16-29(30,31)32)28(39)33-19-26-34-22-12-6-7-13-25(22)36(26)2;2*1-2;/h3-7,10-13,23-24H,1,8-9,14-19H2,2H3,(H,33,39)(H,35,38);2*1-2H3;1H/t23-,24+;;;/m0.../s1. The highest BCUT2D eigenvalue weighted by Crippen LogP contribution is 2.35. The third kappa shape index (κ3) is 10.4. The van der Waals surface area contributed by atoms with Gasteiger partial charge in [0.05, 0.1) is 23.6 Å². The Morgan fingerprint density at radius 1 is 1.07 bits per heavy atom. The second-order valence-electron chi connectivity index (χ2n) is 9.91. The van der Waals surface area contributed by atoms with Gasteiger partial charge in [-0.15, -0.1) is 0 Å². The molecular weight excluding hydrogens is 555 g/mol. The Morgan fingerprint density at radius 3 is 2.37 bits per heavy atom. The summed E-state index contributed by atoms with van der Waals surface area (Å²) in [7, 11) is 1.86. The number of aryl methyl sites for hydroxylation is 1. The van der Waals surface area contributed by atoms with Gasteiger partial charge in [0.2, 0.25) is 11.8 Å². The zero-order chi connectivity index (χ0) is 32.0. The molecule has 1 aliphatic heterocycles. The van der Waals surface area contributed by atoms with Gasteiger partial charge in [0.1, 0.15) is 11.9 Å². The first-order valence-corrected chi connectivity index (χ1v) is 15.2. The highest BCUT2D eigenvalue weighted by atomic mass is 19.4. The number of nitrogens with zero attached hydrogens (tertiary/aromatic N) is 3. The molecule has 4 rings (SSSR count). The van der Waals surface area contributed by atoms with Crippen LogP contribution in [0.1, 0.15) is 85.1 Å². The number of alkyl halides is 3. The smallest absolute Gasteiger partial charge is 0.368 e. The zero-order valence-corrected chi connectivity index (χ0v) is 26.0. The molecule has 43 heavy (non-hydrogen) atoms. The summed E-state index contributed by atoms with van der Waals surface area (Å²) >= 11 is 0. The van der Waals surface area contributed by atoms with Crippen LogP contribution in [0.4, 0.5) is 13.2 Å². The molecule has 3 aromatic rings. The predicted octanol–water partition coefficient (Wildman–Crippen LogP) is 7.45. The van der Waals surface area contributed by atoms with Crippen LogP contribution in [0.25, 0.3) is 11.0 Å². The molecule has 2 atom stereocenters. The molecule has 0 aliphatic carbocycles. The Morgan fingerprint density at radius 2 is 1.72 bits per heavy atom. The summed E-state index contributed by atoms with van der Waals surface area (Å²) in [4.78, 5) is 32.6. The van der Waals surface area contributed by atoms with Crippen LogP contribution < -0.4 is 10.6 Å². The van der Waals surface area contributed by atoms with E-state index in [1.165, 1.54) is 0 Å². The predicted molar refractivity (Wildman–Crippen MR) is 168 cm³/mol. The first-order chi connectivity index (χ1) is 20.6. The number of rotatable bonds is 11. The number of imidazole rings is 1. The zero-order valence-electron chi connectivity index (χ0n) is 26.0. The van der Waals surface area contributed by atoms with E-state index < -0.39 is 30.5 Å². The lowest BCUT2D eigenvalue weighted by Crippen LogP contribution is -2.47. The van der Waals surface area contributed by atoms with Crippen molar-refractivity contribution in [1.29, 1.82) is 0 Å². The number of carbonyl (C=O) groups excluding carboxylic acids is 2. The Kier molecular flexibility index (Phi) is 14.3.